The standard InChI is InChI=1S/C15H21ClO3/c1-11(12-6-4-3-5-7-12)19-14-10-13(16)15(14)18-9-8-17-2/h3-7,11,13-15H,8-10H2,1-2H3. The van der Waals surface area contributed by atoms with Crippen molar-refractivity contribution in [2.45, 2.75) is 37.0 Å². The quantitative estimate of drug-likeness (QED) is 0.568. The third-order valence-corrected chi connectivity index (χ3v) is 3.85. The van der Waals surface area contributed by atoms with E-state index in [1.807, 2.05) is 18.2 Å². The SMILES string of the molecule is COCCOC1C(Cl)CC1OC(C)c1ccccc1. The smallest absolute Gasteiger partial charge is 0.100 e. The van der Waals surface area contributed by atoms with E-state index in [2.05, 4.69) is 19.1 Å². The number of rotatable bonds is 7. The molecule has 1 aromatic carbocycles. The number of ether oxygens (including phenoxy) is 3. The molecule has 0 aromatic heterocycles. The Morgan fingerprint density at radius 1 is 1.26 bits per heavy atom. The normalized spacial score (nSPS) is 27.8. The summed E-state index contributed by atoms with van der Waals surface area (Å²) in [5, 5.41) is 0.0461. The van der Waals surface area contributed by atoms with Gasteiger partial charge in [-0.25, -0.2) is 0 Å². The van der Waals surface area contributed by atoms with E-state index in [0.717, 1.165) is 6.42 Å². The molecule has 0 heterocycles. The van der Waals surface area contributed by atoms with E-state index < -0.39 is 0 Å². The molecule has 0 N–H and O–H groups in total. The van der Waals surface area contributed by atoms with Crippen LogP contribution < -0.4 is 0 Å². The molecule has 0 radical (unpaired) electrons. The maximum absolute atomic E-state index is 6.17. The molecule has 106 valence electrons. The summed E-state index contributed by atoms with van der Waals surface area (Å²) in [4.78, 5) is 0. The Balaban J connectivity index is 1.82. The van der Waals surface area contributed by atoms with Crippen molar-refractivity contribution in [3.05, 3.63) is 35.9 Å². The van der Waals surface area contributed by atoms with Gasteiger partial charge >= 0.3 is 0 Å². The van der Waals surface area contributed by atoms with Crippen LogP contribution in [0.25, 0.3) is 0 Å². The van der Waals surface area contributed by atoms with Gasteiger partial charge in [-0.3, -0.25) is 0 Å². The Hall–Kier alpha value is -0.610. The summed E-state index contributed by atoms with van der Waals surface area (Å²) >= 11 is 6.17. The van der Waals surface area contributed by atoms with Crippen molar-refractivity contribution < 1.29 is 14.2 Å². The van der Waals surface area contributed by atoms with Gasteiger partial charge in [-0.1, -0.05) is 30.3 Å². The van der Waals surface area contributed by atoms with E-state index in [1.165, 1.54) is 5.56 Å². The second-order valence-corrected chi connectivity index (χ2v) is 5.37. The number of halogens is 1. The molecule has 4 unspecified atom stereocenters. The molecule has 2 rings (SSSR count). The van der Waals surface area contributed by atoms with Crippen LogP contribution in [0.4, 0.5) is 0 Å². The van der Waals surface area contributed by atoms with Crippen LogP contribution in [-0.2, 0) is 14.2 Å². The predicted molar refractivity (Wildman–Crippen MR) is 75.6 cm³/mol. The van der Waals surface area contributed by atoms with Crippen LogP contribution in [0.15, 0.2) is 30.3 Å². The largest absolute Gasteiger partial charge is 0.382 e. The average molecular weight is 285 g/mol. The molecule has 0 spiro atoms. The van der Waals surface area contributed by atoms with Crippen LogP contribution >= 0.6 is 11.6 Å². The Bertz CT molecular complexity index is 371. The van der Waals surface area contributed by atoms with Gasteiger partial charge in [0.15, 0.2) is 0 Å². The van der Waals surface area contributed by atoms with Crippen LogP contribution in [-0.4, -0.2) is 37.9 Å². The molecule has 0 amide bonds. The van der Waals surface area contributed by atoms with Crippen LogP contribution in [0.3, 0.4) is 0 Å². The highest BCUT2D eigenvalue weighted by molar-refractivity contribution is 6.21. The Labute approximate surface area is 119 Å². The zero-order valence-corrected chi connectivity index (χ0v) is 12.2. The summed E-state index contributed by atoms with van der Waals surface area (Å²) in [6.07, 6.45) is 0.956. The second kappa shape index (κ2) is 7.25. The minimum absolute atomic E-state index is 0.0250. The number of methoxy groups -OCH3 is 1. The molecule has 3 nitrogen and oxygen atoms in total. The van der Waals surface area contributed by atoms with Gasteiger partial charge in [0, 0.05) is 7.11 Å². The fourth-order valence-electron chi connectivity index (χ4n) is 2.20. The fraction of sp³-hybridized carbons (Fsp3) is 0.600. The van der Waals surface area contributed by atoms with Crippen molar-refractivity contribution in [1.29, 1.82) is 0 Å². The van der Waals surface area contributed by atoms with Crippen LogP contribution in [0.1, 0.15) is 25.0 Å². The van der Waals surface area contributed by atoms with Crippen molar-refractivity contribution in [3.63, 3.8) is 0 Å². The molecule has 1 fully saturated rings. The molecule has 1 aliphatic carbocycles. The maximum Gasteiger partial charge on any atom is 0.100 e. The Morgan fingerprint density at radius 2 is 2.00 bits per heavy atom. The van der Waals surface area contributed by atoms with E-state index in [-0.39, 0.29) is 23.7 Å². The summed E-state index contributed by atoms with van der Waals surface area (Å²) in [7, 11) is 1.66. The summed E-state index contributed by atoms with van der Waals surface area (Å²) in [6.45, 7) is 3.20. The molecule has 1 saturated carbocycles. The van der Waals surface area contributed by atoms with Crippen molar-refractivity contribution in [3.8, 4) is 0 Å². The molecule has 0 saturated heterocycles. The third kappa shape index (κ3) is 3.93. The predicted octanol–water partition coefficient (Wildman–Crippen LogP) is 3.18. The van der Waals surface area contributed by atoms with Gasteiger partial charge in [0.1, 0.15) is 6.10 Å². The number of benzene rings is 1. The van der Waals surface area contributed by atoms with Gasteiger partial charge in [-0.15, -0.1) is 11.6 Å². The minimum atomic E-state index is -0.0250. The van der Waals surface area contributed by atoms with E-state index >= 15 is 0 Å². The van der Waals surface area contributed by atoms with Gasteiger partial charge in [0.05, 0.1) is 30.8 Å². The van der Waals surface area contributed by atoms with Crippen LogP contribution in [0, 0.1) is 0 Å². The first-order valence-corrected chi connectivity index (χ1v) is 7.11. The highest BCUT2D eigenvalue weighted by atomic mass is 35.5. The van der Waals surface area contributed by atoms with E-state index in [0.29, 0.717) is 13.2 Å². The van der Waals surface area contributed by atoms with Gasteiger partial charge in [-0.2, -0.15) is 0 Å². The topological polar surface area (TPSA) is 27.7 Å². The van der Waals surface area contributed by atoms with Gasteiger partial charge < -0.3 is 14.2 Å². The number of alkyl halides is 1. The molecule has 0 bridgehead atoms. The van der Waals surface area contributed by atoms with Gasteiger partial charge in [0.2, 0.25) is 0 Å². The zero-order chi connectivity index (χ0) is 13.7. The lowest BCUT2D eigenvalue weighted by Gasteiger charge is -2.41. The highest BCUT2D eigenvalue weighted by Crippen LogP contribution is 2.35. The molecule has 0 aliphatic heterocycles. The Kier molecular flexibility index (Phi) is 5.64. The summed E-state index contributed by atoms with van der Waals surface area (Å²) in [5.41, 5.74) is 1.18. The Morgan fingerprint density at radius 3 is 2.63 bits per heavy atom. The fourth-order valence-corrected chi connectivity index (χ4v) is 2.61. The zero-order valence-electron chi connectivity index (χ0n) is 11.4. The number of hydrogen-bond acceptors (Lipinski definition) is 3. The number of hydrogen-bond donors (Lipinski definition) is 0. The monoisotopic (exact) mass is 284 g/mol. The molecule has 1 aromatic rings. The first-order valence-electron chi connectivity index (χ1n) is 6.67. The van der Waals surface area contributed by atoms with Crippen molar-refractivity contribution in [1.82, 2.24) is 0 Å². The lowest BCUT2D eigenvalue weighted by Crippen LogP contribution is -2.51. The van der Waals surface area contributed by atoms with Crippen molar-refractivity contribution in [2.75, 3.05) is 20.3 Å². The molecular weight excluding hydrogens is 264 g/mol. The van der Waals surface area contributed by atoms with E-state index in [4.69, 9.17) is 25.8 Å². The maximum atomic E-state index is 6.17. The highest BCUT2D eigenvalue weighted by Gasteiger charge is 2.42. The third-order valence-electron chi connectivity index (χ3n) is 3.43. The van der Waals surface area contributed by atoms with Crippen molar-refractivity contribution >= 4 is 11.6 Å². The average Bonchev–Trinajstić information content (AvgIpc) is 2.44. The first kappa shape index (κ1) is 14.8. The first-order chi connectivity index (χ1) is 9.22. The lowest BCUT2D eigenvalue weighted by atomic mass is 9.90. The van der Waals surface area contributed by atoms with Crippen LogP contribution in [0.2, 0.25) is 0 Å². The summed E-state index contributed by atoms with van der Waals surface area (Å²) in [6, 6.07) is 10.2. The van der Waals surface area contributed by atoms with Gasteiger partial charge in [-0.05, 0) is 18.9 Å². The molecule has 19 heavy (non-hydrogen) atoms. The molecule has 4 heteroatoms. The molecule has 4 atom stereocenters. The lowest BCUT2D eigenvalue weighted by molar-refractivity contribution is -0.150. The second-order valence-electron chi connectivity index (χ2n) is 4.81. The van der Waals surface area contributed by atoms with Crippen molar-refractivity contribution in [2.24, 2.45) is 0 Å². The van der Waals surface area contributed by atoms with E-state index in [1.54, 1.807) is 7.11 Å². The van der Waals surface area contributed by atoms with Crippen LogP contribution in [0.5, 0.6) is 0 Å². The minimum Gasteiger partial charge on any atom is -0.382 e. The molecular formula is C15H21ClO3. The molecule has 1 aliphatic rings. The summed E-state index contributed by atoms with van der Waals surface area (Å²) < 4.78 is 16.7. The summed E-state index contributed by atoms with van der Waals surface area (Å²) in [5.74, 6) is 0. The van der Waals surface area contributed by atoms with E-state index in [9.17, 15) is 0 Å². The van der Waals surface area contributed by atoms with Gasteiger partial charge in [0.25, 0.3) is 0 Å².